The van der Waals surface area contributed by atoms with Crippen LogP contribution in [0.1, 0.15) is 25.0 Å². The van der Waals surface area contributed by atoms with E-state index >= 15 is 0 Å². The zero-order valence-corrected chi connectivity index (χ0v) is 19.2. The minimum absolute atomic E-state index is 0.148. The van der Waals surface area contributed by atoms with Crippen LogP contribution >= 0.6 is 39.7 Å². The number of thiocarbonyl (C=S) groups is 1. The van der Waals surface area contributed by atoms with Gasteiger partial charge in [0.25, 0.3) is 5.91 Å². The van der Waals surface area contributed by atoms with Gasteiger partial charge in [-0.25, -0.2) is 0 Å². The molecule has 8 heteroatoms. The van der Waals surface area contributed by atoms with E-state index in [0.29, 0.717) is 51.6 Å². The van der Waals surface area contributed by atoms with Crippen LogP contribution in [-0.2, 0) is 11.4 Å². The lowest BCUT2D eigenvalue weighted by atomic mass is 10.1. The molecule has 0 aromatic heterocycles. The highest BCUT2D eigenvalue weighted by Gasteiger charge is 2.29. The Labute approximate surface area is 188 Å². The van der Waals surface area contributed by atoms with Crippen LogP contribution in [0.4, 0.5) is 0 Å². The van der Waals surface area contributed by atoms with E-state index in [-0.39, 0.29) is 5.91 Å². The van der Waals surface area contributed by atoms with Gasteiger partial charge in [0, 0.05) is 17.1 Å². The molecule has 1 aliphatic heterocycles. The number of carbonyl (C=O) groups excluding carboxylic acids is 1. The summed E-state index contributed by atoms with van der Waals surface area (Å²) in [7, 11) is 0. The maximum Gasteiger partial charge on any atom is 0.276 e. The maximum absolute atomic E-state index is 12.4. The van der Waals surface area contributed by atoms with Crippen LogP contribution in [0.5, 0.6) is 11.5 Å². The largest absolute Gasteiger partial charge is 0.490 e. The van der Waals surface area contributed by atoms with Crippen molar-refractivity contribution in [2.24, 2.45) is 0 Å². The lowest BCUT2D eigenvalue weighted by Crippen LogP contribution is -2.30. The van der Waals surface area contributed by atoms with E-state index in [1.54, 1.807) is 6.08 Å². The van der Waals surface area contributed by atoms with Gasteiger partial charge in [0.2, 0.25) is 0 Å². The Hall–Kier alpha value is -2.09. The van der Waals surface area contributed by atoms with Crippen molar-refractivity contribution in [3.05, 3.63) is 62.7 Å². The quantitative estimate of drug-likeness (QED) is 0.425. The Morgan fingerprint density at radius 3 is 2.66 bits per heavy atom. The highest BCUT2D eigenvalue weighted by molar-refractivity contribution is 9.10. The molecule has 0 spiro atoms. The third-order valence-corrected chi connectivity index (χ3v) is 5.53. The minimum atomic E-state index is -0.148. The number of hydrogen-bond donors (Lipinski definition) is 1. The van der Waals surface area contributed by atoms with Crippen molar-refractivity contribution in [3.63, 3.8) is 0 Å². The molecule has 2 aromatic carbocycles. The molecule has 152 valence electrons. The molecular weight excluding hydrogens is 476 g/mol. The van der Waals surface area contributed by atoms with Crippen LogP contribution in [0.2, 0.25) is 5.02 Å². The lowest BCUT2D eigenvalue weighted by Gasteiger charge is -2.15. The second kappa shape index (κ2) is 9.61. The molecule has 5 nitrogen and oxygen atoms in total. The molecule has 0 atom stereocenters. The van der Waals surface area contributed by atoms with Crippen LogP contribution in [-0.4, -0.2) is 29.1 Å². The molecule has 0 bridgehead atoms. The SMILES string of the molecule is CCOc1cc(C=C2NC(=S)N(CC)C2=O)cc(Br)c1OCc1ccccc1Cl. The van der Waals surface area contributed by atoms with Crippen LogP contribution in [0.3, 0.4) is 0 Å². The first-order valence-corrected chi connectivity index (χ1v) is 10.7. The zero-order chi connectivity index (χ0) is 21.0. The lowest BCUT2D eigenvalue weighted by molar-refractivity contribution is -0.122. The van der Waals surface area contributed by atoms with E-state index in [0.717, 1.165) is 11.1 Å². The summed E-state index contributed by atoms with van der Waals surface area (Å²) < 4.78 is 12.5. The smallest absolute Gasteiger partial charge is 0.276 e. The van der Waals surface area contributed by atoms with Gasteiger partial charge in [-0.05, 0) is 71.8 Å². The Bertz CT molecular complexity index is 980. The molecule has 2 aromatic rings. The van der Waals surface area contributed by atoms with Gasteiger partial charge in [0.15, 0.2) is 16.6 Å². The first-order chi connectivity index (χ1) is 13.9. The summed E-state index contributed by atoms with van der Waals surface area (Å²) in [6, 6.07) is 11.2. The number of amides is 1. The Balaban J connectivity index is 1.89. The molecular formula is C21H20BrClN2O3S. The van der Waals surface area contributed by atoms with E-state index in [9.17, 15) is 4.79 Å². The van der Waals surface area contributed by atoms with E-state index in [1.165, 1.54) is 4.90 Å². The Kier molecular flexibility index (Phi) is 7.16. The first-order valence-electron chi connectivity index (χ1n) is 9.11. The number of ether oxygens (including phenoxy) is 2. The fourth-order valence-corrected chi connectivity index (χ4v) is 3.95. The third-order valence-electron chi connectivity index (χ3n) is 4.25. The van der Waals surface area contributed by atoms with Crippen LogP contribution in [0, 0.1) is 0 Å². The van der Waals surface area contributed by atoms with Crippen molar-refractivity contribution in [3.8, 4) is 11.5 Å². The molecule has 1 N–H and O–H groups in total. The zero-order valence-electron chi connectivity index (χ0n) is 16.0. The number of benzene rings is 2. The molecule has 3 rings (SSSR count). The maximum atomic E-state index is 12.4. The van der Waals surface area contributed by atoms with Gasteiger partial charge in [-0.3, -0.25) is 9.69 Å². The first kappa shape index (κ1) is 21.6. The third kappa shape index (κ3) is 4.91. The monoisotopic (exact) mass is 494 g/mol. The molecule has 29 heavy (non-hydrogen) atoms. The van der Waals surface area contributed by atoms with Gasteiger partial charge in [0.1, 0.15) is 12.3 Å². The molecule has 1 aliphatic rings. The van der Waals surface area contributed by atoms with Crippen molar-refractivity contribution < 1.29 is 14.3 Å². The highest BCUT2D eigenvalue weighted by Crippen LogP contribution is 2.38. The second-order valence-electron chi connectivity index (χ2n) is 6.18. The fourth-order valence-electron chi connectivity index (χ4n) is 2.87. The topological polar surface area (TPSA) is 50.8 Å². The molecule has 1 fully saturated rings. The summed E-state index contributed by atoms with van der Waals surface area (Å²) in [6.07, 6.45) is 1.75. The number of halogens is 2. The number of likely N-dealkylation sites (N-methyl/N-ethyl adjacent to an activating group) is 1. The average molecular weight is 496 g/mol. The van der Waals surface area contributed by atoms with Crippen LogP contribution < -0.4 is 14.8 Å². The average Bonchev–Trinajstić information content (AvgIpc) is 2.95. The van der Waals surface area contributed by atoms with Gasteiger partial charge >= 0.3 is 0 Å². The fraction of sp³-hybridized carbons (Fsp3) is 0.238. The summed E-state index contributed by atoms with van der Waals surface area (Å²) in [6.45, 7) is 5.07. The van der Waals surface area contributed by atoms with E-state index in [4.69, 9.17) is 33.3 Å². The van der Waals surface area contributed by atoms with Gasteiger partial charge in [-0.2, -0.15) is 0 Å². The van der Waals surface area contributed by atoms with Crippen molar-refractivity contribution in [2.45, 2.75) is 20.5 Å². The standard InChI is InChI=1S/C21H20BrClN2O3S/c1-3-25-20(26)17(24-21(25)29)10-13-9-15(22)19(18(11-13)27-4-2)28-12-14-7-5-6-8-16(14)23/h5-11H,3-4,12H2,1-2H3,(H,24,29). The van der Waals surface area contributed by atoms with E-state index in [1.807, 2.05) is 50.2 Å². The molecule has 1 amide bonds. The van der Waals surface area contributed by atoms with Crippen LogP contribution in [0.25, 0.3) is 6.08 Å². The molecule has 0 unspecified atom stereocenters. The predicted octanol–water partition coefficient (Wildman–Crippen LogP) is 5.16. The summed E-state index contributed by atoms with van der Waals surface area (Å²) >= 11 is 15.0. The van der Waals surface area contributed by atoms with Crippen molar-refractivity contribution >= 4 is 56.8 Å². The van der Waals surface area contributed by atoms with Gasteiger partial charge in [0.05, 0.1) is 11.1 Å². The highest BCUT2D eigenvalue weighted by atomic mass is 79.9. The molecule has 0 aliphatic carbocycles. The van der Waals surface area contributed by atoms with Gasteiger partial charge in [-0.1, -0.05) is 29.8 Å². The Morgan fingerprint density at radius 1 is 1.24 bits per heavy atom. The normalized spacial score (nSPS) is 15.0. The molecule has 0 radical (unpaired) electrons. The molecule has 1 saturated heterocycles. The second-order valence-corrected chi connectivity index (χ2v) is 7.83. The number of carbonyl (C=O) groups is 1. The number of rotatable bonds is 7. The summed E-state index contributed by atoms with van der Waals surface area (Å²) in [5.74, 6) is 0.997. The van der Waals surface area contributed by atoms with Crippen LogP contribution in [0.15, 0.2) is 46.6 Å². The summed E-state index contributed by atoms with van der Waals surface area (Å²) in [4.78, 5) is 13.9. The van der Waals surface area contributed by atoms with Crippen molar-refractivity contribution in [1.29, 1.82) is 0 Å². The number of hydrogen-bond acceptors (Lipinski definition) is 4. The summed E-state index contributed by atoms with van der Waals surface area (Å²) in [5.41, 5.74) is 2.08. The van der Waals surface area contributed by atoms with E-state index < -0.39 is 0 Å². The minimum Gasteiger partial charge on any atom is -0.490 e. The van der Waals surface area contributed by atoms with E-state index in [2.05, 4.69) is 21.2 Å². The summed E-state index contributed by atoms with van der Waals surface area (Å²) in [5, 5.41) is 4.01. The Morgan fingerprint density at radius 2 is 2.00 bits per heavy atom. The van der Waals surface area contributed by atoms with Crippen molar-refractivity contribution in [2.75, 3.05) is 13.2 Å². The number of nitrogens with zero attached hydrogens (tertiary/aromatic N) is 1. The van der Waals surface area contributed by atoms with Gasteiger partial charge < -0.3 is 14.8 Å². The molecule has 1 heterocycles. The molecule has 0 saturated carbocycles. The van der Waals surface area contributed by atoms with Gasteiger partial charge in [-0.15, -0.1) is 0 Å². The predicted molar refractivity (Wildman–Crippen MR) is 122 cm³/mol. The number of nitrogens with one attached hydrogen (secondary N) is 1. The van der Waals surface area contributed by atoms with Crippen molar-refractivity contribution in [1.82, 2.24) is 10.2 Å².